The number of carbonyl (C=O) groups is 1. The molecule has 1 amide bonds. The molecular weight excluding hydrogens is 544 g/mol. The highest BCUT2D eigenvalue weighted by atomic mass is 35.5. The van der Waals surface area contributed by atoms with Gasteiger partial charge in [0.15, 0.2) is 33.6 Å². The Morgan fingerprint density at radius 3 is 2.03 bits per heavy atom. The Morgan fingerprint density at radius 1 is 1.00 bits per heavy atom. The standard InChI is InChI=1S/C24H43ClN6O3SSi2/c1-23(2,3)36(9,10)33-15-16(34-37(11,12)24(4,5)6)21(35-17(15)20(32)27-8)31-13-28-14-18(26-7)29-22(25)30-19(14)31/h13,15-17,21H,1-12H3,(H,27,32)(H,26,29,30). The quantitative estimate of drug-likeness (QED) is 0.316. The van der Waals surface area contributed by atoms with Gasteiger partial charge in [-0.2, -0.15) is 9.97 Å². The third-order valence-corrected chi connectivity index (χ3v) is 18.7. The van der Waals surface area contributed by atoms with Gasteiger partial charge in [-0.1, -0.05) is 41.5 Å². The van der Waals surface area contributed by atoms with Crippen LogP contribution in [0.4, 0.5) is 5.82 Å². The molecule has 208 valence electrons. The summed E-state index contributed by atoms with van der Waals surface area (Å²) >= 11 is 7.83. The molecule has 2 aromatic heterocycles. The minimum Gasteiger partial charge on any atom is -0.410 e. The van der Waals surface area contributed by atoms with Gasteiger partial charge in [0.25, 0.3) is 0 Å². The van der Waals surface area contributed by atoms with Crippen LogP contribution in [0.2, 0.25) is 41.5 Å². The van der Waals surface area contributed by atoms with Crippen molar-refractivity contribution in [1.29, 1.82) is 0 Å². The van der Waals surface area contributed by atoms with Crippen molar-refractivity contribution in [3.63, 3.8) is 0 Å². The van der Waals surface area contributed by atoms with Crippen LogP contribution in [-0.2, 0) is 13.6 Å². The van der Waals surface area contributed by atoms with Gasteiger partial charge in [-0.05, 0) is 47.9 Å². The number of hydrogen-bond acceptors (Lipinski definition) is 8. The largest absolute Gasteiger partial charge is 0.410 e. The van der Waals surface area contributed by atoms with E-state index in [-0.39, 0.29) is 26.6 Å². The molecule has 4 atom stereocenters. The topological polar surface area (TPSA) is 103 Å². The van der Waals surface area contributed by atoms with E-state index in [0.29, 0.717) is 17.0 Å². The highest BCUT2D eigenvalue weighted by molar-refractivity contribution is 8.01. The van der Waals surface area contributed by atoms with E-state index < -0.39 is 34.1 Å². The average Bonchev–Trinajstić information content (AvgIpc) is 3.32. The third kappa shape index (κ3) is 5.88. The molecule has 2 aromatic rings. The number of halogens is 1. The molecule has 4 unspecified atom stereocenters. The number of fused-ring (bicyclic) bond motifs is 1. The zero-order valence-corrected chi connectivity index (χ0v) is 27.8. The average molecular weight is 587 g/mol. The van der Waals surface area contributed by atoms with Gasteiger partial charge in [-0.3, -0.25) is 9.36 Å². The molecular formula is C24H43ClN6O3SSi2. The lowest BCUT2D eigenvalue weighted by atomic mass is 10.1. The van der Waals surface area contributed by atoms with E-state index >= 15 is 0 Å². The van der Waals surface area contributed by atoms with E-state index in [2.05, 4.69) is 93.3 Å². The molecule has 1 saturated heterocycles. The zero-order chi connectivity index (χ0) is 28.1. The summed E-state index contributed by atoms with van der Waals surface area (Å²) in [6.07, 6.45) is 0.904. The third-order valence-electron chi connectivity index (χ3n) is 8.07. The highest BCUT2D eigenvalue weighted by Gasteiger charge is 2.55. The van der Waals surface area contributed by atoms with Gasteiger partial charge in [-0.25, -0.2) is 4.98 Å². The number of anilines is 1. The number of carbonyl (C=O) groups excluding carboxylic acids is 1. The van der Waals surface area contributed by atoms with Crippen molar-refractivity contribution in [2.45, 2.75) is 101 Å². The molecule has 2 N–H and O–H groups in total. The first kappa shape index (κ1) is 30.4. The van der Waals surface area contributed by atoms with Gasteiger partial charge >= 0.3 is 0 Å². The van der Waals surface area contributed by atoms with Crippen LogP contribution in [0.1, 0.15) is 46.9 Å². The summed E-state index contributed by atoms with van der Waals surface area (Å²) in [5.41, 5.74) is 1.21. The van der Waals surface area contributed by atoms with E-state index in [0.717, 1.165) is 0 Å². The first-order valence-electron chi connectivity index (χ1n) is 12.6. The van der Waals surface area contributed by atoms with Crippen molar-refractivity contribution < 1.29 is 13.6 Å². The molecule has 0 aliphatic carbocycles. The predicted molar refractivity (Wildman–Crippen MR) is 159 cm³/mol. The van der Waals surface area contributed by atoms with Crippen LogP contribution >= 0.6 is 23.4 Å². The lowest BCUT2D eigenvalue weighted by Crippen LogP contribution is -2.55. The van der Waals surface area contributed by atoms with Crippen molar-refractivity contribution >= 4 is 62.9 Å². The first-order valence-corrected chi connectivity index (χ1v) is 19.8. The lowest BCUT2D eigenvalue weighted by molar-refractivity contribution is -0.122. The lowest BCUT2D eigenvalue weighted by Gasteiger charge is -2.44. The smallest absolute Gasteiger partial charge is 0.235 e. The molecule has 13 heteroatoms. The minimum absolute atomic E-state index is 0.0311. The van der Waals surface area contributed by atoms with Crippen LogP contribution in [0.25, 0.3) is 11.2 Å². The molecule has 0 radical (unpaired) electrons. The summed E-state index contributed by atoms with van der Waals surface area (Å²) in [6.45, 7) is 22.2. The van der Waals surface area contributed by atoms with E-state index in [4.69, 9.17) is 20.5 Å². The van der Waals surface area contributed by atoms with E-state index in [1.165, 1.54) is 11.8 Å². The molecule has 0 spiro atoms. The van der Waals surface area contributed by atoms with Crippen molar-refractivity contribution in [3.05, 3.63) is 11.6 Å². The van der Waals surface area contributed by atoms with Crippen molar-refractivity contribution in [2.75, 3.05) is 19.4 Å². The zero-order valence-electron chi connectivity index (χ0n) is 24.2. The maximum absolute atomic E-state index is 13.3. The van der Waals surface area contributed by atoms with Gasteiger partial charge < -0.3 is 19.5 Å². The van der Waals surface area contributed by atoms with Gasteiger partial charge in [0.2, 0.25) is 11.2 Å². The maximum Gasteiger partial charge on any atom is 0.235 e. The van der Waals surface area contributed by atoms with E-state index in [1.807, 2.05) is 4.57 Å². The molecule has 3 rings (SSSR count). The summed E-state index contributed by atoms with van der Waals surface area (Å²) in [4.78, 5) is 26.7. The molecule has 1 aliphatic heterocycles. The van der Waals surface area contributed by atoms with Crippen molar-refractivity contribution in [3.8, 4) is 0 Å². The van der Waals surface area contributed by atoms with E-state index in [9.17, 15) is 4.79 Å². The highest BCUT2D eigenvalue weighted by Crippen LogP contribution is 2.51. The number of hydrogen-bond donors (Lipinski definition) is 2. The molecule has 37 heavy (non-hydrogen) atoms. The molecule has 1 fully saturated rings. The summed E-state index contributed by atoms with van der Waals surface area (Å²) in [5.74, 6) is 0.476. The van der Waals surface area contributed by atoms with Crippen LogP contribution < -0.4 is 10.6 Å². The predicted octanol–water partition coefficient (Wildman–Crippen LogP) is 5.66. The van der Waals surface area contributed by atoms with Crippen LogP contribution in [0.15, 0.2) is 6.33 Å². The molecule has 9 nitrogen and oxygen atoms in total. The van der Waals surface area contributed by atoms with Gasteiger partial charge in [0.1, 0.15) is 16.7 Å². The fraction of sp³-hybridized carbons (Fsp3) is 0.750. The van der Waals surface area contributed by atoms with Gasteiger partial charge in [0, 0.05) is 14.1 Å². The fourth-order valence-electron chi connectivity index (χ4n) is 3.76. The van der Waals surface area contributed by atoms with Gasteiger partial charge in [0.05, 0.1) is 12.4 Å². The Kier molecular flexibility index (Phi) is 8.55. The molecule has 0 bridgehead atoms. The Balaban J connectivity index is 2.21. The maximum atomic E-state index is 13.3. The number of thioether (sulfide) groups is 1. The first-order chi connectivity index (χ1) is 16.8. The summed E-state index contributed by atoms with van der Waals surface area (Å²) in [6, 6.07) is 0. The Hall–Kier alpha value is -1.19. The summed E-state index contributed by atoms with van der Waals surface area (Å²) < 4.78 is 16.1. The monoisotopic (exact) mass is 586 g/mol. The van der Waals surface area contributed by atoms with Crippen molar-refractivity contribution in [2.24, 2.45) is 0 Å². The van der Waals surface area contributed by atoms with Crippen LogP contribution in [0.3, 0.4) is 0 Å². The second-order valence-corrected chi connectivity index (χ2v) is 23.8. The molecule has 0 aromatic carbocycles. The Labute approximate surface area is 232 Å². The van der Waals surface area contributed by atoms with E-state index in [1.54, 1.807) is 20.4 Å². The number of amides is 1. The Morgan fingerprint density at radius 2 is 1.54 bits per heavy atom. The van der Waals surface area contributed by atoms with Crippen LogP contribution in [0, 0.1) is 0 Å². The Bertz CT molecular complexity index is 1150. The van der Waals surface area contributed by atoms with Crippen molar-refractivity contribution in [1.82, 2.24) is 24.8 Å². The number of nitrogens with one attached hydrogen (secondary N) is 2. The number of aromatic nitrogens is 4. The second-order valence-electron chi connectivity index (χ2n) is 12.7. The molecule has 3 heterocycles. The summed E-state index contributed by atoms with van der Waals surface area (Å²) in [5, 5.41) is 5.21. The number of rotatable bonds is 7. The summed E-state index contributed by atoms with van der Waals surface area (Å²) in [7, 11) is -1.10. The molecule has 1 aliphatic rings. The molecule has 0 saturated carbocycles. The number of nitrogens with zero attached hydrogens (tertiary/aromatic N) is 4. The normalized spacial score (nSPS) is 23.5. The minimum atomic E-state index is -2.27. The number of imidazole rings is 1. The second kappa shape index (κ2) is 10.4. The van der Waals surface area contributed by atoms with Gasteiger partial charge in [-0.15, -0.1) is 11.8 Å². The van der Waals surface area contributed by atoms with Crippen LogP contribution in [-0.4, -0.2) is 73.6 Å². The van der Waals surface area contributed by atoms with Crippen LogP contribution in [0.5, 0.6) is 0 Å². The SMILES string of the molecule is CNC(=O)C1SC(n2cnc3c(NC)nc(Cl)nc32)C(O[Si](C)(C)C(C)(C)C)C1O[Si](C)(C)C(C)(C)C. The fourth-order valence-corrected chi connectivity index (χ4v) is 8.28.